The van der Waals surface area contributed by atoms with Gasteiger partial charge in [0.25, 0.3) is 0 Å². The summed E-state index contributed by atoms with van der Waals surface area (Å²) in [6, 6.07) is 4.63. The first-order valence-electron chi connectivity index (χ1n) is 6.23. The molecule has 1 aliphatic rings. The number of hydrogen-bond acceptors (Lipinski definition) is 3. The number of halogens is 2. The fraction of sp³-hybridized carbons (Fsp3) is 0.538. The molecule has 0 aliphatic carbocycles. The normalized spacial score (nSPS) is 19.5. The molecule has 0 bridgehead atoms. The molecule has 1 fully saturated rings. The van der Waals surface area contributed by atoms with E-state index in [9.17, 15) is 9.50 Å². The summed E-state index contributed by atoms with van der Waals surface area (Å²) in [5.41, 5.74) is 0.479. The summed E-state index contributed by atoms with van der Waals surface area (Å²) in [5.74, 6) is -0.421. The van der Waals surface area contributed by atoms with E-state index in [0.717, 1.165) is 32.6 Å². The lowest BCUT2D eigenvalue weighted by molar-refractivity contribution is 0.127. The standard InChI is InChI=1S/C13H18ClFN2O/c14-11-4-1-3-10(13(11)15)12(9-18)17-7-2-5-16-6-8-17/h1,3-4,12,16,18H,2,5-9H2. The van der Waals surface area contributed by atoms with Crippen molar-refractivity contribution in [3.05, 3.63) is 34.6 Å². The second kappa shape index (κ2) is 6.48. The minimum atomic E-state index is -0.421. The van der Waals surface area contributed by atoms with Crippen molar-refractivity contribution in [1.82, 2.24) is 10.2 Å². The summed E-state index contributed by atoms with van der Waals surface area (Å²) in [5, 5.41) is 13.0. The van der Waals surface area contributed by atoms with Gasteiger partial charge in [0.2, 0.25) is 0 Å². The molecule has 1 saturated heterocycles. The Morgan fingerprint density at radius 2 is 2.22 bits per heavy atom. The second-order valence-corrected chi connectivity index (χ2v) is 4.89. The summed E-state index contributed by atoms with van der Waals surface area (Å²) in [7, 11) is 0. The molecule has 1 atom stereocenters. The van der Waals surface area contributed by atoms with Crippen molar-refractivity contribution in [2.75, 3.05) is 32.8 Å². The van der Waals surface area contributed by atoms with Gasteiger partial charge in [0, 0.05) is 25.2 Å². The molecule has 0 spiro atoms. The maximum absolute atomic E-state index is 14.0. The monoisotopic (exact) mass is 272 g/mol. The summed E-state index contributed by atoms with van der Waals surface area (Å²) >= 11 is 5.80. The largest absolute Gasteiger partial charge is 0.394 e. The van der Waals surface area contributed by atoms with Gasteiger partial charge in [-0.25, -0.2) is 4.39 Å². The number of aliphatic hydroxyl groups is 1. The van der Waals surface area contributed by atoms with Gasteiger partial charge >= 0.3 is 0 Å². The van der Waals surface area contributed by atoms with E-state index in [1.807, 2.05) is 0 Å². The van der Waals surface area contributed by atoms with Crippen molar-refractivity contribution in [1.29, 1.82) is 0 Å². The third-order valence-electron chi connectivity index (χ3n) is 3.33. The van der Waals surface area contributed by atoms with E-state index in [0.29, 0.717) is 5.56 Å². The average molecular weight is 273 g/mol. The highest BCUT2D eigenvalue weighted by atomic mass is 35.5. The molecule has 1 heterocycles. The minimum absolute atomic E-state index is 0.0999. The van der Waals surface area contributed by atoms with Gasteiger partial charge in [-0.3, -0.25) is 4.90 Å². The summed E-state index contributed by atoms with van der Waals surface area (Å²) in [6.45, 7) is 3.38. The lowest BCUT2D eigenvalue weighted by atomic mass is 10.0. The fourth-order valence-corrected chi connectivity index (χ4v) is 2.55. The van der Waals surface area contributed by atoms with Gasteiger partial charge in [0.15, 0.2) is 0 Å². The van der Waals surface area contributed by atoms with Crippen LogP contribution in [0.4, 0.5) is 4.39 Å². The van der Waals surface area contributed by atoms with Crippen LogP contribution in [-0.4, -0.2) is 42.8 Å². The first-order chi connectivity index (χ1) is 8.74. The lowest BCUT2D eigenvalue weighted by Gasteiger charge is -2.29. The smallest absolute Gasteiger partial charge is 0.146 e. The Hall–Kier alpha value is -0.680. The van der Waals surface area contributed by atoms with Crippen molar-refractivity contribution >= 4 is 11.6 Å². The highest BCUT2D eigenvalue weighted by molar-refractivity contribution is 6.30. The van der Waals surface area contributed by atoms with Crippen LogP contribution in [0.2, 0.25) is 5.02 Å². The van der Waals surface area contributed by atoms with Crippen LogP contribution >= 0.6 is 11.6 Å². The van der Waals surface area contributed by atoms with Crippen molar-refractivity contribution in [3.63, 3.8) is 0 Å². The zero-order valence-corrected chi connectivity index (χ0v) is 11.0. The van der Waals surface area contributed by atoms with Gasteiger partial charge in [-0.2, -0.15) is 0 Å². The quantitative estimate of drug-likeness (QED) is 0.881. The van der Waals surface area contributed by atoms with Crippen molar-refractivity contribution in [2.45, 2.75) is 12.5 Å². The zero-order valence-electron chi connectivity index (χ0n) is 10.2. The van der Waals surface area contributed by atoms with Gasteiger partial charge in [0.1, 0.15) is 5.82 Å². The van der Waals surface area contributed by atoms with Crippen LogP contribution in [0.1, 0.15) is 18.0 Å². The zero-order chi connectivity index (χ0) is 13.0. The van der Waals surface area contributed by atoms with Crippen LogP contribution in [0.5, 0.6) is 0 Å². The Morgan fingerprint density at radius 3 is 3.00 bits per heavy atom. The molecule has 2 N–H and O–H groups in total. The topological polar surface area (TPSA) is 35.5 Å². The highest BCUT2D eigenvalue weighted by Gasteiger charge is 2.24. The van der Waals surface area contributed by atoms with Crippen LogP contribution in [0.15, 0.2) is 18.2 Å². The molecule has 100 valence electrons. The van der Waals surface area contributed by atoms with Crippen LogP contribution in [0, 0.1) is 5.82 Å². The molecule has 0 amide bonds. The third kappa shape index (κ3) is 3.01. The van der Waals surface area contributed by atoms with Gasteiger partial charge in [-0.05, 0) is 19.0 Å². The van der Waals surface area contributed by atoms with E-state index in [2.05, 4.69) is 10.2 Å². The van der Waals surface area contributed by atoms with Crippen LogP contribution in [0.3, 0.4) is 0 Å². The SMILES string of the molecule is OCC(c1cccc(Cl)c1F)N1CCCNCC1. The lowest BCUT2D eigenvalue weighted by Crippen LogP contribution is -2.34. The molecule has 0 aromatic heterocycles. The molecular formula is C13H18ClFN2O. The minimum Gasteiger partial charge on any atom is -0.394 e. The Kier molecular flexibility index (Phi) is 4.95. The van der Waals surface area contributed by atoms with Gasteiger partial charge in [-0.1, -0.05) is 23.7 Å². The van der Waals surface area contributed by atoms with Crippen LogP contribution in [-0.2, 0) is 0 Å². The average Bonchev–Trinajstić information content (AvgIpc) is 2.64. The van der Waals surface area contributed by atoms with E-state index < -0.39 is 5.82 Å². The first kappa shape index (κ1) is 13.7. The number of rotatable bonds is 3. The van der Waals surface area contributed by atoms with E-state index in [4.69, 9.17) is 11.6 Å². The molecule has 0 radical (unpaired) electrons. The van der Waals surface area contributed by atoms with Gasteiger partial charge < -0.3 is 10.4 Å². The summed E-state index contributed by atoms with van der Waals surface area (Å²) < 4.78 is 14.0. The van der Waals surface area contributed by atoms with Crippen LogP contribution < -0.4 is 5.32 Å². The van der Waals surface area contributed by atoms with Crippen LogP contribution in [0.25, 0.3) is 0 Å². The maximum Gasteiger partial charge on any atom is 0.146 e. The highest BCUT2D eigenvalue weighted by Crippen LogP contribution is 2.27. The third-order valence-corrected chi connectivity index (χ3v) is 3.62. The molecule has 1 aromatic carbocycles. The first-order valence-corrected chi connectivity index (χ1v) is 6.61. The molecule has 1 aromatic rings. The number of benzene rings is 1. The molecule has 3 nitrogen and oxygen atoms in total. The number of nitrogens with one attached hydrogen (secondary N) is 1. The second-order valence-electron chi connectivity index (χ2n) is 4.48. The van der Waals surface area contributed by atoms with Crippen molar-refractivity contribution in [3.8, 4) is 0 Å². The van der Waals surface area contributed by atoms with E-state index in [1.165, 1.54) is 6.07 Å². The predicted octanol–water partition coefficient (Wildman–Crippen LogP) is 1.81. The number of nitrogens with zero attached hydrogens (tertiary/aromatic N) is 1. The van der Waals surface area contributed by atoms with Gasteiger partial charge in [0.05, 0.1) is 17.7 Å². The maximum atomic E-state index is 14.0. The Balaban J connectivity index is 2.23. The predicted molar refractivity (Wildman–Crippen MR) is 70.3 cm³/mol. The number of aliphatic hydroxyl groups excluding tert-OH is 1. The van der Waals surface area contributed by atoms with Crippen molar-refractivity contribution < 1.29 is 9.50 Å². The van der Waals surface area contributed by atoms with Gasteiger partial charge in [-0.15, -0.1) is 0 Å². The Bertz CT molecular complexity index is 395. The van der Waals surface area contributed by atoms with E-state index >= 15 is 0 Å². The summed E-state index contributed by atoms with van der Waals surface area (Å²) in [4.78, 5) is 2.11. The molecule has 5 heteroatoms. The molecule has 2 rings (SSSR count). The fourth-order valence-electron chi connectivity index (χ4n) is 2.37. The molecule has 1 aliphatic heterocycles. The Labute approximate surface area is 112 Å². The molecular weight excluding hydrogens is 255 g/mol. The Morgan fingerprint density at radius 1 is 1.39 bits per heavy atom. The molecule has 1 unspecified atom stereocenters. The molecule has 18 heavy (non-hydrogen) atoms. The van der Waals surface area contributed by atoms with Crippen molar-refractivity contribution in [2.24, 2.45) is 0 Å². The summed E-state index contributed by atoms with van der Waals surface area (Å²) in [6.07, 6.45) is 0.999. The van der Waals surface area contributed by atoms with E-state index in [1.54, 1.807) is 12.1 Å². The number of hydrogen-bond donors (Lipinski definition) is 2. The van der Waals surface area contributed by atoms with E-state index in [-0.39, 0.29) is 17.7 Å². The molecule has 0 saturated carbocycles.